The average molecular weight is 267 g/mol. The first-order chi connectivity index (χ1) is 8.77. The molecule has 1 amide bonds. The molecule has 0 radical (unpaired) electrons. The zero-order valence-corrected chi connectivity index (χ0v) is 11.8. The molecule has 19 heavy (non-hydrogen) atoms. The van der Waals surface area contributed by atoms with Crippen molar-refractivity contribution in [1.29, 1.82) is 0 Å². The van der Waals surface area contributed by atoms with Gasteiger partial charge in [-0.1, -0.05) is 13.8 Å². The van der Waals surface area contributed by atoms with E-state index in [2.05, 4.69) is 5.32 Å². The summed E-state index contributed by atoms with van der Waals surface area (Å²) in [6.45, 7) is 7.00. The smallest absolute Gasteiger partial charge is 0.310 e. The summed E-state index contributed by atoms with van der Waals surface area (Å²) in [5.41, 5.74) is -1.06. The highest BCUT2D eigenvalue weighted by Crippen LogP contribution is 2.31. The van der Waals surface area contributed by atoms with Crippen molar-refractivity contribution in [3.63, 3.8) is 0 Å². The molecule has 0 bridgehead atoms. The number of aliphatic carboxylic acids is 1. The molecule has 2 atom stereocenters. The predicted octanol–water partition coefficient (Wildman–Crippen LogP) is 2.59. The SMILES string of the molecule is CC(NC(=O)CC(C)(C(=O)O)C(C)C)c1ccco1. The van der Waals surface area contributed by atoms with Crippen LogP contribution in [0.3, 0.4) is 0 Å². The van der Waals surface area contributed by atoms with Crippen molar-refractivity contribution in [2.24, 2.45) is 11.3 Å². The first-order valence-corrected chi connectivity index (χ1v) is 6.33. The van der Waals surface area contributed by atoms with Crippen LogP contribution in [0.4, 0.5) is 0 Å². The fraction of sp³-hybridized carbons (Fsp3) is 0.571. The molecule has 5 heteroatoms. The maximum atomic E-state index is 12.0. The highest BCUT2D eigenvalue weighted by Gasteiger charge is 2.39. The lowest BCUT2D eigenvalue weighted by molar-refractivity contribution is -0.153. The van der Waals surface area contributed by atoms with Crippen LogP contribution in [0, 0.1) is 11.3 Å². The molecule has 0 aliphatic carbocycles. The Hall–Kier alpha value is -1.78. The highest BCUT2D eigenvalue weighted by molar-refractivity contribution is 5.85. The molecular weight excluding hydrogens is 246 g/mol. The van der Waals surface area contributed by atoms with Gasteiger partial charge in [-0.05, 0) is 31.9 Å². The standard InChI is InChI=1S/C14H21NO4/c1-9(2)14(4,13(17)18)8-12(16)15-10(3)11-6-5-7-19-11/h5-7,9-10H,8H2,1-4H3,(H,15,16)(H,17,18). The van der Waals surface area contributed by atoms with E-state index in [1.165, 1.54) is 6.26 Å². The molecule has 0 saturated carbocycles. The van der Waals surface area contributed by atoms with Crippen LogP contribution in [0.25, 0.3) is 0 Å². The Labute approximate surface area is 113 Å². The van der Waals surface area contributed by atoms with E-state index in [-0.39, 0.29) is 24.3 Å². The molecule has 5 nitrogen and oxygen atoms in total. The van der Waals surface area contributed by atoms with E-state index in [1.807, 2.05) is 0 Å². The molecular formula is C14H21NO4. The maximum absolute atomic E-state index is 12.0. The van der Waals surface area contributed by atoms with Crippen LogP contribution in [0.1, 0.15) is 45.9 Å². The first kappa shape index (κ1) is 15.3. The zero-order valence-electron chi connectivity index (χ0n) is 11.8. The number of nitrogens with one attached hydrogen (secondary N) is 1. The lowest BCUT2D eigenvalue weighted by Crippen LogP contribution is -2.39. The largest absolute Gasteiger partial charge is 0.481 e. The van der Waals surface area contributed by atoms with Gasteiger partial charge < -0.3 is 14.8 Å². The van der Waals surface area contributed by atoms with E-state index in [0.29, 0.717) is 5.76 Å². The lowest BCUT2D eigenvalue weighted by atomic mass is 9.76. The van der Waals surface area contributed by atoms with E-state index in [4.69, 9.17) is 4.42 Å². The Bertz CT molecular complexity index is 438. The first-order valence-electron chi connectivity index (χ1n) is 6.33. The Morgan fingerprint density at radius 2 is 2.05 bits per heavy atom. The van der Waals surface area contributed by atoms with Crippen molar-refractivity contribution >= 4 is 11.9 Å². The zero-order chi connectivity index (χ0) is 14.6. The van der Waals surface area contributed by atoms with Gasteiger partial charge in [0.15, 0.2) is 0 Å². The van der Waals surface area contributed by atoms with Gasteiger partial charge >= 0.3 is 5.97 Å². The number of carbonyl (C=O) groups excluding carboxylic acids is 1. The van der Waals surface area contributed by atoms with Gasteiger partial charge in [-0.2, -0.15) is 0 Å². The molecule has 1 aromatic heterocycles. The molecule has 2 unspecified atom stereocenters. The average Bonchev–Trinajstić information content (AvgIpc) is 2.81. The number of amides is 1. The van der Waals surface area contributed by atoms with Gasteiger partial charge in [0.2, 0.25) is 5.91 Å². The highest BCUT2D eigenvalue weighted by atomic mass is 16.4. The molecule has 1 heterocycles. The van der Waals surface area contributed by atoms with E-state index in [0.717, 1.165) is 0 Å². The Kier molecular flexibility index (Phi) is 4.75. The summed E-state index contributed by atoms with van der Waals surface area (Å²) in [7, 11) is 0. The molecule has 0 aliphatic heterocycles. The summed E-state index contributed by atoms with van der Waals surface area (Å²) in [6.07, 6.45) is 1.48. The van der Waals surface area contributed by atoms with E-state index < -0.39 is 11.4 Å². The van der Waals surface area contributed by atoms with E-state index in [1.54, 1.807) is 39.8 Å². The van der Waals surface area contributed by atoms with Crippen molar-refractivity contribution < 1.29 is 19.1 Å². The third-order valence-electron chi connectivity index (χ3n) is 3.64. The number of hydrogen-bond acceptors (Lipinski definition) is 3. The minimum atomic E-state index is -1.06. The third-order valence-corrected chi connectivity index (χ3v) is 3.64. The summed E-state index contributed by atoms with van der Waals surface area (Å²) in [6, 6.07) is 3.24. The van der Waals surface area contributed by atoms with Crippen LogP contribution in [0.5, 0.6) is 0 Å². The van der Waals surface area contributed by atoms with Crippen LogP contribution in [-0.4, -0.2) is 17.0 Å². The van der Waals surface area contributed by atoms with Gasteiger partial charge in [-0.15, -0.1) is 0 Å². The van der Waals surface area contributed by atoms with Crippen molar-refractivity contribution in [3.05, 3.63) is 24.2 Å². The topological polar surface area (TPSA) is 79.5 Å². The van der Waals surface area contributed by atoms with Crippen LogP contribution >= 0.6 is 0 Å². The van der Waals surface area contributed by atoms with Crippen molar-refractivity contribution in [3.8, 4) is 0 Å². The van der Waals surface area contributed by atoms with Crippen LogP contribution in [-0.2, 0) is 9.59 Å². The van der Waals surface area contributed by atoms with Gasteiger partial charge in [0.1, 0.15) is 5.76 Å². The number of furan rings is 1. The number of carboxylic acid groups (broad SMARTS) is 1. The molecule has 1 aromatic rings. The second kappa shape index (κ2) is 5.91. The predicted molar refractivity (Wildman–Crippen MR) is 70.5 cm³/mol. The van der Waals surface area contributed by atoms with Crippen molar-refractivity contribution in [2.45, 2.75) is 40.2 Å². The summed E-state index contributed by atoms with van der Waals surface area (Å²) in [4.78, 5) is 23.3. The number of hydrogen-bond donors (Lipinski definition) is 2. The summed E-state index contributed by atoms with van der Waals surface area (Å²) >= 11 is 0. The molecule has 106 valence electrons. The Morgan fingerprint density at radius 3 is 2.47 bits per heavy atom. The second-order valence-electron chi connectivity index (χ2n) is 5.36. The molecule has 2 N–H and O–H groups in total. The molecule has 0 saturated heterocycles. The monoisotopic (exact) mass is 267 g/mol. The molecule has 0 fully saturated rings. The van der Waals surface area contributed by atoms with Gasteiger partial charge in [0.05, 0.1) is 17.7 Å². The second-order valence-corrected chi connectivity index (χ2v) is 5.36. The quantitative estimate of drug-likeness (QED) is 0.830. The van der Waals surface area contributed by atoms with Crippen LogP contribution < -0.4 is 5.32 Å². The molecule has 0 spiro atoms. The maximum Gasteiger partial charge on any atom is 0.310 e. The Balaban J connectivity index is 2.66. The van der Waals surface area contributed by atoms with Crippen LogP contribution in [0.15, 0.2) is 22.8 Å². The Morgan fingerprint density at radius 1 is 1.42 bits per heavy atom. The number of carboxylic acids is 1. The third kappa shape index (κ3) is 3.59. The van der Waals surface area contributed by atoms with E-state index >= 15 is 0 Å². The van der Waals surface area contributed by atoms with Gasteiger partial charge in [-0.3, -0.25) is 9.59 Å². The minimum Gasteiger partial charge on any atom is -0.481 e. The normalized spacial score (nSPS) is 15.8. The minimum absolute atomic E-state index is 0.0505. The summed E-state index contributed by atoms with van der Waals surface area (Å²) in [5, 5.41) is 12.0. The van der Waals surface area contributed by atoms with Crippen molar-refractivity contribution in [1.82, 2.24) is 5.32 Å². The number of rotatable bonds is 6. The molecule has 1 rings (SSSR count). The van der Waals surface area contributed by atoms with Gasteiger partial charge in [0.25, 0.3) is 0 Å². The summed E-state index contributed by atoms with van der Waals surface area (Å²) < 4.78 is 5.19. The van der Waals surface area contributed by atoms with Crippen molar-refractivity contribution in [2.75, 3.05) is 0 Å². The molecule has 0 aliphatic rings. The van der Waals surface area contributed by atoms with E-state index in [9.17, 15) is 14.7 Å². The van der Waals surface area contributed by atoms with Gasteiger partial charge in [0, 0.05) is 6.42 Å². The van der Waals surface area contributed by atoms with Crippen LogP contribution in [0.2, 0.25) is 0 Å². The fourth-order valence-electron chi connectivity index (χ4n) is 1.76. The number of carbonyl (C=O) groups is 2. The molecule has 0 aromatic carbocycles. The van der Waals surface area contributed by atoms with Gasteiger partial charge in [-0.25, -0.2) is 0 Å². The fourth-order valence-corrected chi connectivity index (χ4v) is 1.76. The summed E-state index contributed by atoms with van der Waals surface area (Å²) in [5.74, 6) is -0.726. The lowest BCUT2D eigenvalue weighted by Gasteiger charge is -2.28.